The molecule has 0 radical (unpaired) electrons. The fourth-order valence-electron chi connectivity index (χ4n) is 1.01. The molecule has 0 aliphatic rings. The largest absolute Gasteiger partial charge is 0.462 e. The minimum atomic E-state index is -0.292. The molecule has 0 amide bonds. The number of hydrogen-bond donors (Lipinski definition) is 1. The zero-order valence-electron chi connectivity index (χ0n) is 8.91. The lowest BCUT2D eigenvalue weighted by molar-refractivity contribution is -0.148. The number of rotatable bonds is 5. The van der Waals surface area contributed by atoms with E-state index in [9.17, 15) is 4.79 Å². The van der Waals surface area contributed by atoms with Gasteiger partial charge in [0.15, 0.2) is 0 Å². The Labute approximate surface area is 86.5 Å². The van der Waals surface area contributed by atoms with Gasteiger partial charge in [0.05, 0.1) is 6.10 Å². The van der Waals surface area contributed by atoms with Gasteiger partial charge in [0, 0.05) is 0 Å². The van der Waals surface area contributed by atoms with Gasteiger partial charge in [-0.3, -0.25) is 4.79 Å². The monoisotopic (exact) mass is 204 g/mol. The Hall–Kier alpha value is -0.180. The first-order chi connectivity index (χ1) is 5.99. The number of carbonyl (C=O) groups is 1. The fourth-order valence-corrected chi connectivity index (χ4v) is 1.07. The lowest BCUT2D eigenvalue weighted by Gasteiger charge is -2.17. The number of esters is 1. The van der Waals surface area contributed by atoms with Crippen molar-refractivity contribution in [3.63, 3.8) is 0 Å². The van der Waals surface area contributed by atoms with Crippen molar-refractivity contribution in [2.24, 2.45) is 5.92 Å². The predicted octanol–water partition coefficient (Wildman–Crippen LogP) is 2.67. The Balaban J connectivity index is 3.85. The molecular weight excluding hydrogens is 184 g/mol. The molecule has 0 fully saturated rings. The minimum Gasteiger partial charge on any atom is -0.462 e. The third-order valence-corrected chi connectivity index (χ3v) is 2.69. The van der Waals surface area contributed by atoms with Crippen LogP contribution in [0, 0.1) is 5.92 Å². The van der Waals surface area contributed by atoms with Gasteiger partial charge in [-0.25, -0.2) is 0 Å². The molecule has 3 heteroatoms. The third kappa shape index (κ3) is 5.19. The zero-order valence-corrected chi connectivity index (χ0v) is 9.80. The van der Waals surface area contributed by atoms with Gasteiger partial charge in [0.2, 0.25) is 0 Å². The van der Waals surface area contributed by atoms with Crippen LogP contribution in [0.15, 0.2) is 0 Å². The number of thiol groups is 1. The van der Waals surface area contributed by atoms with Crippen LogP contribution in [0.3, 0.4) is 0 Å². The summed E-state index contributed by atoms with van der Waals surface area (Å²) < 4.78 is 5.20. The topological polar surface area (TPSA) is 26.3 Å². The van der Waals surface area contributed by atoms with Crippen LogP contribution in [-0.4, -0.2) is 17.3 Å². The van der Waals surface area contributed by atoms with Crippen molar-refractivity contribution in [1.29, 1.82) is 0 Å². The molecule has 78 valence electrons. The van der Waals surface area contributed by atoms with E-state index in [0.29, 0.717) is 0 Å². The smallest absolute Gasteiger partial charge is 0.319 e. The highest BCUT2D eigenvalue weighted by Gasteiger charge is 2.20. The van der Waals surface area contributed by atoms with Crippen molar-refractivity contribution >= 4 is 18.6 Å². The Kier molecular flexibility index (Phi) is 6.21. The molecule has 13 heavy (non-hydrogen) atoms. The standard InChI is InChI=1S/C10H20O2S/c1-5-6-8(4)12-10(11)9(13)7(2)3/h7-9,13H,5-6H2,1-4H3. The molecule has 0 rings (SSSR count). The maximum absolute atomic E-state index is 11.4. The molecule has 0 aromatic carbocycles. The summed E-state index contributed by atoms with van der Waals surface area (Å²) in [5.74, 6) is 0.0314. The zero-order chi connectivity index (χ0) is 10.4. The van der Waals surface area contributed by atoms with Gasteiger partial charge in [0.25, 0.3) is 0 Å². The predicted molar refractivity (Wildman–Crippen MR) is 58.1 cm³/mol. The highest BCUT2D eigenvalue weighted by Crippen LogP contribution is 2.12. The average Bonchev–Trinajstić information content (AvgIpc) is 2.03. The molecule has 0 saturated heterocycles. The van der Waals surface area contributed by atoms with Gasteiger partial charge >= 0.3 is 5.97 Å². The van der Waals surface area contributed by atoms with E-state index in [-0.39, 0.29) is 23.2 Å². The molecule has 0 aliphatic carbocycles. The van der Waals surface area contributed by atoms with E-state index in [1.54, 1.807) is 0 Å². The normalized spacial score (nSPS) is 15.5. The third-order valence-electron chi connectivity index (χ3n) is 1.89. The summed E-state index contributed by atoms with van der Waals surface area (Å²) in [6, 6.07) is 0. The second-order valence-corrected chi connectivity index (χ2v) is 4.28. The van der Waals surface area contributed by atoms with Crippen molar-refractivity contribution in [3.8, 4) is 0 Å². The van der Waals surface area contributed by atoms with E-state index >= 15 is 0 Å². The second-order valence-electron chi connectivity index (χ2n) is 3.73. The van der Waals surface area contributed by atoms with Crippen molar-refractivity contribution in [3.05, 3.63) is 0 Å². The second kappa shape index (κ2) is 6.30. The van der Waals surface area contributed by atoms with Gasteiger partial charge < -0.3 is 4.74 Å². The van der Waals surface area contributed by atoms with Crippen molar-refractivity contribution in [2.75, 3.05) is 0 Å². The quantitative estimate of drug-likeness (QED) is 0.550. The van der Waals surface area contributed by atoms with E-state index in [1.807, 2.05) is 20.8 Å². The minimum absolute atomic E-state index is 0.0194. The molecule has 2 unspecified atom stereocenters. The Morgan fingerprint density at radius 3 is 2.31 bits per heavy atom. The number of hydrogen-bond acceptors (Lipinski definition) is 3. The summed E-state index contributed by atoms with van der Waals surface area (Å²) in [4.78, 5) is 11.4. The van der Waals surface area contributed by atoms with Gasteiger partial charge in [-0.2, -0.15) is 12.6 Å². The van der Waals surface area contributed by atoms with Crippen LogP contribution in [-0.2, 0) is 9.53 Å². The first-order valence-electron chi connectivity index (χ1n) is 4.87. The highest BCUT2D eigenvalue weighted by molar-refractivity contribution is 7.81. The van der Waals surface area contributed by atoms with Crippen LogP contribution in [0.1, 0.15) is 40.5 Å². The van der Waals surface area contributed by atoms with E-state index in [1.165, 1.54) is 0 Å². The molecule has 0 N–H and O–H groups in total. The highest BCUT2D eigenvalue weighted by atomic mass is 32.1. The lowest BCUT2D eigenvalue weighted by Crippen LogP contribution is -2.26. The van der Waals surface area contributed by atoms with Crippen molar-refractivity contribution < 1.29 is 9.53 Å². The van der Waals surface area contributed by atoms with E-state index in [2.05, 4.69) is 19.6 Å². The van der Waals surface area contributed by atoms with Crippen molar-refractivity contribution in [1.82, 2.24) is 0 Å². The van der Waals surface area contributed by atoms with Gasteiger partial charge in [-0.05, 0) is 19.3 Å². The van der Waals surface area contributed by atoms with Gasteiger partial charge in [0.1, 0.15) is 5.25 Å². The van der Waals surface area contributed by atoms with Crippen LogP contribution in [0.5, 0.6) is 0 Å². The molecule has 0 aliphatic heterocycles. The lowest BCUT2D eigenvalue weighted by atomic mass is 10.1. The van der Waals surface area contributed by atoms with Crippen LogP contribution in [0.2, 0.25) is 0 Å². The SMILES string of the molecule is CCCC(C)OC(=O)C(S)C(C)C. The Morgan fingerprint density at radius 2 is 1.92 bits per heavy atom. The molecule has 0 saturated carbocycles. The molecule has 0 heterocycles. The molecule has 0 bridgehead atoms. The summed E-state index contributed by atoms with van der Waals surface area (Å²) in [7, 11) is 0. The summed E-state index contributed by atoms with van der Waals surface area (Å²) >= 11 is 4.19. The first-order valence-corrected chi connectivity index (χ1v) is 5.39. The maximum Gasteiger partial charge on any atom is 0.319 e. The summed E-state index contributed by atoms with van der Waals surface area (Å²) in [6.45, 7) is 7.92. The van der Waals surface area contributed by atoms with Crippen LogP contribution in [0.25, 0.3) is 0 Å². The summed E-state index contributed by atoms with van der Waals surface area (Å²) in [6.07, 6.45) is 1.98. The Bertz CT molecular complexity index is 157. The summed E-state index contributed by atoms with van der Waals surface area (Å²) in [5, 5.41) is -0.292. The molecule has 2 nitrogen and oxygen atoms in total. The van der Waals surface area contributed by atoms with E-state index in [4.69, 9.17) is 4.74 Å². The average molecular weight is 204 g/mol. The molecule has 2 atom stereocenters. The van der Waals surface area contributed by atoms with E-state index < -0.39 is 0 Å². The molecule has 0 aromatic heterocycles. The van der Waals surface area contributed by atoms with Crippen LogP contribution >= 0.6 is 12.6 Å². The summed E-state index contributed by atoms with van der Waals surface area (Å²) in [5.41, 5.74) is 0. The molecule has 0 spiro atoms. The fraction of sp³-hybridized carbons (Fsp3) is 0.900. The number of ether oxygens (including phenoxy) is 1. The van der Waals surface area contributed by atoms with Crippen LogP contribution < -0.4 is 0 Å². The van der Waals surface area contributed by atoms with Crippen LogP contribution in [0.4, 0.5) is 0 Å². The maximum atomic E-state index is 11.4. The van der Waals surface area contributed by atoms with Gasteiger partial charge in [-0.15, -0.1) is 0 Å². The molecular formula is C10H20O2S. The van der Waals surface area contributed by atoms with Gasteiger partial charge in [-0.1, -0.05) is 27.2 Å². The van der Waals surface area contributed by atoms with E-state index in [0.717, 1.165) is 12.8 Å². The number of carbonyl (C=O) groups excluding carboxylic acids is 1. The molecule has 0 aromatic rings. The van der Waals surface area contributed by atoms with Crippen molar-refractivity contribution in [2.45, 2.75) is 51.9 Å². The first kappa shape index (κ1) is 12.8. The Morgan fingerprint density at radius 1 is 1.38 bits per heavy atom.